The molecule has 0 bridgehead atoms. The number of benzene rings is 1. The number of anilines is 1. The van der Waals surface area contributed by atoms with Crippen molar-refractivity contribution in [3.05, 3.63) is 48.2 Å². The number of nitrogens with one attached hydrogen (secondary N) is 1. The highest BCUT2D eigenvalue weighted by atomic mass is 19.1. The van der Waals surface area contributed by atoms with Crippen LogP contribution in [0.1, 0.15) is 18.9 Å². The Balaban J connectivity index is 1.61. The molecule has 9 heteroatoms. The number of amides is 1. The van der Waals surface area contributed by atoms with Crippen molar-refractivity contribution in [2.24, 2.45) is 5.92 Å². The topological polar surface area (TPSA) is 96.2 Å². The lowest BCUT2D eigenvalue weighted by molar-refractivity contribution is 0.119. The van der Waals surface area contributed by atoms with Gasteiger partial charge in [0.2, 0.25) is 5.95 Å². The largest absolute Gasteiger partial charge is 0.465 e. The molecule has 4 rings (SSSR count). The van der Waals surface area contributed by atoms with Crippen molar-refractivity contribution in [3.63, 3.8) is 0 Å². The molecule has 1 aliphatic heterocycles. The van der Waals surface area contributed by atoms with E-state index in [2.05, 4.69) is 20.3 Å². The van der Waals surface area contributed by atoms with Crippen LogP contribution < -0.4 is 5.32 Å². The number of imidazole rings is 1. The molecule has 0 aliphatic carbocycles. The predicted molar refractivity (Wildman–Crippen MR) is 102 cm³/mol. The van der Waals surface area contributed by atoms with E-state index >= 15 is 0 Å². The predicted octanol–water partition coefficient (Wildman–Crippen LogP) is 2.81. The van der Waals surface area contributed by atoms with Gasteiger partial charge in [-0.2, -0.15) is 0 Å². The van der Waals surface area contributed by atoms with Gasteiger partial charge in [0.1, 0.15) is 17.7 Å². The average molecular weight is 384 g/mol. The normalized spacial score (nSPS) is 19.7. The van der Waals surface area contributed by atoms with Gasteiger partial charge in [-0.3, -0.25) is 4.57 Å². The summed E-state index contributed by atoms with van der Waals surface area (Å²) in [6.45, 7) is 3.47. The first-order chi connectivity index (χ1) is 13.5. The van der Waals surface area contributed by atoms with Crippen molar-refractivity contribution in [2.75, 3.05) is 18.4 Å². The van der Waals surface area contributed by atoms with Crippen molar-refractivity contribution in [1.82, 2.24) is 24.4 Å². The number of hydrogen-bond donors (Lipinski definition) is 2. The summed E-state index contributed by atoms with van der Waals surface area (Å²) in [5.74, 6) is 0.509. The number of fused-ring (bicyclic) bond motifs is 1. The lowest BCUT2D eigenvalue weighted by Gasteiger charge is -2.36. The Morgan fingerprint density at radius 1 is 1.36 bits per heavy atom. The molecule has 1 fully saturated rings. The van der Waals surface area contributed by atoms with Crippen LogP contribution in [0, 0.1) is 11.7 Å². The summed E-state index contributed by atoms with van der Waals surface area (Å²) in [6, 6.07) is 6.42. The Morgan fingerprint density at radius 2 is 2.14 bits per heavy atom. The minimum atomic E-state index is -0.885. The van der Waals surface area contributed by atoms with Crippen LogP contribution >= 0.6 is 0 Å². The molecular weight excluding hydrogens is 363 g/mol. The van der Waals surface area contributed by atoms with E-state index in [1.54, 1.807) is 18.3 Å². The zero-order valence-electron chi connectivity index (χ0n) is 15.4. The van der Waals surface area contributed by atoms with Crippen LogP contribution in [0.3, 0.4) is 0 Å². The van der Waals surface area contributed by atoms with Crippen molar-refractivity contribution >= 4 is 23.2 Å². The Labute approximate surface area is 161 Å². The summed E-state index contributed by atoms with van der Waals surface area (Å²) in [4.78, 5) is 25.7. The van der Waals surface area contributed by atoms with Crippen LogP contribution in [0.15, 0.2) is 36.8 Å². The molecule has 2 unspecified atom stereocenters. The van der Waals surface area contributed by atoms with Crippen LogP contribution in [0.25, 0.3) is 11.2 Å². The first kappa shape index (κ1) is 18.1. The summed E-state index contributed by atoms with van der Waals surface area (Å²) >= 11 is 0. The second-order valence-corrected chi connectivity index (χ2v) is 7.12. The molecule has 28 heavy (non-hydrogen) atoms. The Bertz CT molecular complexity index is 990. The Morgan fingerprint density at radius 3 is 2.86 bits per heavy atom. The third-order valence-electron chi connectivity index (χ3n) is 5.15. The lowest BCUT2D eigenvalue weighted by atomic mass is 9.94. The fraction of sp³-hybridized carbons (Fsp3) is 0.368. The molecule has 2 N–H and O–H groups in total. The number of piperidine rings is 1. The Kier molecular flexibility index (Phi) is 4.81. The van der Waals surface area contributed by atoms with E-state index < -0.39 is 6.09 Å². The quantitative estimate of drug-likeness (QED) is 0.718. The number of likely N-dealkylation sites (tertiary alicyclic amines) is 1. The third kappa shape index (κ3) is 3.60. The Hall–Kier alpha value is -3.23. The molecule has 1 aliphatic rings. The zero-order valence-corrected chi connectivity index (χ0v) is 15.4. The van der Waals surface area contributed by atoms with Gasteiger partial charge >= 0.3 is 6.09 Å². The molecule has 3 aromatic rings. The van der Waals surface area contributed by atoms with Gasteiger partial charge < -0.3 is 15.3 Å². The molecule has 3 heterocycles. The first-order valence-electron chi connectivity index (χ1n) is 9.16. The minimum absolute atomic E-state index is 0.0901. The summed E-state index contributed by atoms with van der Waals surface area (Å²) < 4.78 is 15.2. The van der Waals surface area contributed by atoms with Crippen molar-refractivity contribution in [1.29, 1.82) is 0 Å². The van der Waals surface area contributed by atoms with Crippen molar-refractivity contribution in [2.45, 2.75) is 25.9 Å². The summed E-state index contributed by atoms with van der Waals surface area (Å²) in [5.41, 5.74) is 2.29. The van der Waals surface area contributed by atoms with Gasteiger partial charge in [-0.15, -0.1) is 0 Å². The molecule has 0 saturated carbocycles. The number of rotatable bonds is 4. The van der Waals surface area contributed by atoms with Gasteiger partial charge in [0.05, 0.1) is 12.7 Å². The van der Waals surface area contributed by atoms with Crippen molar-refractivity contribution in [3.8, 4) is 0 Å². The molecule has 1 saturated heterocycles. The van der Waals surface area contributed by atoms with E-state index in [-0.39, 0.29) is 17.8 Å². The molecule has 2 atom stereocenters. The highest BCUT2D eigenvalue weighted by Crippen LogP contribution is 2.24. The molecule has 1 aromatic carbocycles. The number of carbonyl (C=O) groups is 1. The lowest BCUT2D eigenvalue weighted by Crippen LogP contribution is -2.47. The molecule has 1 amide bonds. The van der Waals surface area contributed by atoms with Crippen molar-refractivity contribution < 1.29 is 14.3 Å². The number of carboxylic acid groups (broad SMARTS) is 1. The van der Waals surface area contributed by atoms with Gasteiger partial charge in [-0.1, -0.05) is 19.1 Å². The SMILES string of the molecule is CC1CN(C(=O)O)CCC1Nc1nc2cncnc2n1Cc1ccc(F)cc1. The van der Waals surface area contributed by atoms with E-state index in [4.69, 9.17) is 0 Å². The van der Waals surface area contributed by atoms with Gasteiger partial charge in [0.15, 0.2) is 5.65 Å². The number of hydrogen-bond acceptors (Lipinski definition) is 5. The average Bonchev–Trinajstić information content (AvgIpc) is 3.02. The van der Waals surface area contributed by atoms with Gasteiger partial charge in [-0.05, 0) is 30.0 Å². The van der Waals surface area contributed by atoms with E-state index in [1.807, 2.05) is 11.5 Å². The molecule has 0 radical (unpaired) electrons. The van der Waals surface area contributed by atoms with Gasteiger partial charge in [0.25, 0.3) is 0 Å². The molecule has 146 valence electrons. The van der Waals surface area contributed by atoms with E-state index in [0.717, 1.165) is 5.56 Å². The standard InChI is InChI=1S/C19H21FN6O2/c1-12-9-25(19(27)28)7-6-15(12)23-18-24-16-8-21-11-22-17(16)26(18)10-13-2-4-14(20)5-3-13/h2-5,8,11-12,15H,6-7,9-10H2,1H3,(H,23,24)(H,27,28). The van der Waals surface area contributed by atoms with Gasteiger partial charge in [0, 0.05) is 19.1 Å². The van der Waals surface area contributed by atoms with Crippen LogP contribution in [0.5, 0.6) is 0 Å². The van der Waals surface area contributed by atoms with E-state index in [9.17, 15) is 14.3 Å². The monoisotopic (exact) mass is 384 g/mol. The number of halogens is 1. The maximum atomic E-state index is 13.2. The van der Waals surface area contributed by atoms with Gasteiger partial charge in [-0.25, -0.2) is 24.1 Å². The van der Waals surface area contributed by atoms with Crippen LogP contribution in [0.2, 0.25) is 0 Å². The van der Waals surface area contributed by atoms with Crippen LogP contribution in [-0.2, 0) is 6.54 Å². The molecule has 2 aromatic heterocycles. The number of nitrogens with zero attached hydrogens (tertiary/aromatic N) is 5. The number of aromatic nitrogens is 4. The summed E-state index contributed by atoms with van der Waals surface area (Å²) in [6.07, 6.45) is 2.94. The second kappa shape index (κ2) is 7.41. The highest BCUT2D eigenvalue weighted by Gasteiger charge is 2.29. The molecular formula is C19H21FN6O2. The molecule has 0 spiro atoms. The first-order valence-corrected chi connectivity index (χ1v) is 9.16. The smallest absolute Gasteiger partial charge is 0.407 e. The van der Waals surface area contributed by atoms with E-state index in [1.165, 1.54) is 23.4 Å². The third-order valence-corrected chi connectivity index (χ3v) is 5.15. The van der Waals surface area contributed by atoms with E-state index in [0.29, 0.717) is 43.2 Å². The fourth-order valence-electron chi connectivity index (χ4n) is 3.61. The fourth-order valence-corrected chi connectivity index (χ4v) is 3.61. The minimum Gasteiger partial charge on any atom is -0.465 e. The zero-order chi connectivity index (χ0) is 19.7. The van der Waals surface area contributed by atoms with Crippen LogP contribution in [-0.4, -0.2) is 54.8 Å². The maximum absolute atomic E-state index is 13.2. The maximum Gasteiger partial charge on any atom is 0.407 e. The summed E-state index contributed by atoms with van der Waals surface area (Å²) in [7, 11) is 0. The second-order valence-electron chi connectivity index (χ2n) is 7.12. The molecule has 8 nitrogen and oxygen atoms in total. The van der Waals surface area contributed by atoms with Crippen LogP contribution in [0.4, 0.5) is 15.1 Å². The highest BCUT2D eigenvalue weighted by molar-refractivity contribution is 5.73. The summed E-state index contributed by atoms with van der Waals surface area (Å²) in [5, 5.41) is 12.7.